The number of likely N-dealkylation sites (tertiary alicyclic amines) is 2. The molecule has 0 bridgehead atoms. The van der Waals surface area contributed by atoms with E-state index in [2.05, 4.69) is 22.5 Å². The van der Waals surface area contributed by atoms with Crippen LogP contribution in [0.2, 0.25) is 0 Å². The standard InChI is InChI=1S/C20H25BrN2O4S/c1-2-19(24)23-11-3-4-15(14-23)20(25)22-12-9-18(10-13-22)28(26,27)17-7-5-16(21)6-8-17/h2,5-8,15,18H,1,3-4,9-14H2. The first-order chi connectivity index (χ1) is 13.3. The highest BCUT2D eigenvalue weighted by atomic mass is 79.9. The van der Waals surface area contributed by atoms with Crippen molar-refractivity contribution >= 4 is 37.6 Å². The van der Waals surface area contributed by atoms with Crippen LogP contribution in [0, 0.1) is 5.92 Å². The molecule has 2 heterocycles. The van der Waals surface area contributed by atoms with Gasteiger partial charge in [0.15, 0.2) is 9.84 Å². The molecule has 0 N–H and O–H groups in total. The zero-order chi connectivity index (χ0) is 20.3. The van der Waals surface area contributed by atoms with Crippen LogP contribution in [0.5, 0.6) is 0 Å². The minimum atomic E-state index is -3.40. The lowest BCUT2D eigenvalue weighted by molar-refractivity contribution is -0.140. The molecule has 2 aliphatic rings. The van der Waals surface area contributed by atoms with Gasteiger partial charge in [0.2, 0.25) is 11.8 Å². The van der Waals surface area contributed by atoms with Gasteiger partial charge in [-0.1, -0.05) is 22.5 Å². The summed E-state index contributed by atoms with van der Waals surface area (Å²) in [7, 11) is -3.40. The predicted molar refractivity (Wildman–Crippen MR) is 110 cm³/mol. The van der Waals surface area contributed by atoms with Gasteiger partial charge in [0.05, 0.1) is 16.1 Å². The maximum atomic E-state index is 12.9. The molecule has 2 amide bonds. The minimum Gasteiger partial charge on any atom is -0.342 e. The van der Waals surface area contributed by atoms with Crippen molar-refractivity contribution in [1.82, 2.24) is 9.80 Å². The Morgan fingerprint density at radius 1 is 1.04 bits per heavy atom. The average Bonchev–Trinajstić information content (AvgIpc) is 2.73. The maximum absolute atomic E-state index is 12.9. The third kappa shape index (κ3) is 4.49. The molecule has 1 unspecified atom stereocenters. The fourth-order valence-corrected chi connectivity index (χ4v) is 5.97. The Balaban J connectivity index is 1.60. The lowest BCUT2D eigenvalue weighted by Crippen LogP contribution is -2.49. The molecule has 2 fully saturated rings. The van der Waals surface area contributed by atoms with Gasteiger partial charge < -0.3 is 9.80 Å². The number of hydrogen-bond donors (Lipinski definition) is 0. The first-order valence-electron chi connectivity index (χ1n) is 9.52. The van der Waals surface area contributed by atoms with Gasteiger partial charge in [-0.3, -0.25) is 9.59 Å². The van der Waals surface area contributed by atoms with Crippen LogP contribution in [-0.2, 0) is 19.4 Å². The molecule has 1 atom stereocenters. The Kier molecular flexibility index (Phi) is 6.60. The number of sulfone groups is 1. The SMILES string of the molecule is C=CC(=O)N1CCCC(C(=O)N2CCC(S(=O)(=O)c3ccc(Br)cc3)CC2)C1. The number of amides is 2. The summed E-state index contributed by atoms with van der Waals surface area (Å²) < 4.78 is 26.5. The number of benzene rings is 1. The molecule has 1 aromatic carbocycles. The van der Waals surface area contributed by atoms with Crippen molar-refractivity contribution in [3.63, 3.8) is 0 Å². The predicted octanol–water partition coefficient (Wildman–Crippen LogP) is 2.64. The number of piperidine rings is 2. The number of carbonyl (C=O) groups excluding carboxylic acids is 2. The summed E-state index contributed by atoms with van der Waals surface area (Å²) in [5.41, 5.74) is 0. The van der Waals surface area contributed by atoms with Gasteiger partial charge in [-0.15, -0.1) is 0 Å². The third-order valence-corrected chi connectivity index (χ3v) is 8.40. The molecule has 0 radical (unpaired) electrons. The molecular formula is C20H25BrN2O4S. The summed E-state index contributed by atoms with van der Waals surface area (Å²) in [6.07, 6.45) is 3.71. The summed E-state index contributed by atoms with van der Waals surface area (Å²) >= 11 is 3.32. The van der Waals surface area contributed by atoms with Crippen molar-refractivity contribution < 1.29 is 18.0 Å². The molecule has 28 heavy (non-hydrogen) atoms. The highest BCUT2D eigenvalue weighted by Gasteiger charge is 2.36. The lowest BCUT2D eigenvalue weighted by atomic mass is 9.95. The van der Waals surface area contributed by atoms with Crippen LogP contribution in [0.25, 0.3) is 0 Å². The van der Waals surface area contributed by atoms with E-state index >= 15 is 0 Å². The molecule has 2 saturated heterocycles. The smallest absolute Gasteiger partial charge is 0.245 e. The van der Waals surface area contributed by atoms with E-state index in [1.54, 1.807) is 34.1 Å². The van der Waals surface area contributed by atoms with Gasteiger partial charge >= 0.3 is 0 Å². The van der Waals surface area contributed by atoms with E-state index in [4.69, 9.17) is 0 Å². The molecule has 1 aromatic rings. The Morgan fingerprint density at radius 2 is 1.68 bits per heavy atom. The first kappa shape index (κ1) is 21.0. The molecule has 0 aliphatic carbocycles. The molecule has 2 aliphatic heterocycles. The third-order valence-electron chi connectivity index (χ3n) is 5.59. The summed E-state index contributed by atoms with van der Waals surface area (Å²) in [5.74, 6) is -0.324. The zero-order valence-corrected chi connectivity index (χ0v) is 18.1. The summed E-state index contributed by atoms with van der Waals surface area (Å²) in [5, 5.41) is -0.470. The number of halogens is 1. The van der Waals surface area contributed by atoms with Crippen molar-refractivity contribution in [1.29, 1.82) is 0 Å². The second kappa shape index (κ2) is 8.78. The van der Waals surface area contributed by atoms with E-state index in [-0.39, 0.29) is 17.7 Å². The highest BCUT2D eigenvalue weighted by molar-refractivity contribution is 9.10. The molecule has 0 saturated carbocycles. The van der Waals surface area contributed by atoms with Crippen molar-refractivity contribution in [3.05, 3.63) is 41.4 Å². The second-order valence-electron chi connectivity index (χ2n) is 7.35. The van der Waals surface area contributed by atoms with E-state index in [1.165, 1.54) is 6.08 Å². The maximum Gasteiger partial charge on any atom is 0.245 e. The fourth-order valence-electron chi connectivity index (χ4n) is 3.97. The molecule has 0 aromatic heterocycles. The van der Waals surface area contributed by atoms with Crippen molar-refractivity contribution in [2.24, 2.45) is 5.92 Å². The summed E-state index contributed by atoms with van der Waals surface area (Å²) in [4.78, 5) is 28.5. The zero-order valence-electron chi connectivity index (χ0n) is 15.7. The fraction of sp³-hybridized carbons (Fsp3) is 0.500. The Morgan fingerprint density at radius 3 is 2.29 bits per heavy atom. The van der Waals surface area contributed by atoms with Crippen molar-refractivity contribution in [3.8, 4) is 0 Å². The van der Waals surface area contributed by atoms with Crippen molar-refractivity contribution in [2.45, 2.75) is 35.8 Å². The monoisotopic (exact) mass is 468 g/mol. The van der Waals surface area contributed by atoms with E-state index in [1.807, 2.05) is 0 Å². The van der Waals surface area contributed by atoms with Crippen molar-refractivity contribution in [2.75, 3.05) is 26.2 Å². The van der Waals surface area contributed by atoms with E-state index < -0.39 is 15.1 Å². The molecule has 3 rings (SSSR count). The topological polar surface area (TPSA) is 74.8 Å². The molecule has 8 heteroatoms. The van der Waals surface area contributed by atoms with Gasteiger partial charge in [-0.05, 0) is 56.0 Å². The number of rotatable bonds is 4. The largest absolute Gasteiger partial charge is 0.342 e. The van der Waals surface area contributed by atoms with Crippen LogP contribution in [-0.4, -0.2) is 61.5 Å². The van der Waals surface area contributed by atoms with Crippen LogP contribution in [0.15, 0.2) is 46.3 Å². The lowest BCUT2D eigenvalue weighted by Gasteiger charge is -2.37. The Labute approximate surface area is 174 Å². The van der Waals surface area contributed by atoms with Crippen LogP contribution in [0.3, 0.4) is 0 Å². The quantitative estimate of drug-likeness (QED) is 0.636. The van der Waals surface area contributed by atoms with Crippen LogP contribution in [0.4, 0.5) is 0 Å². The summed E-state index contributed by atoms with van der Waals surface area (Å²) in [6.45, 7) is 5.45. The van der Waals surface area contributed by atoms with E-state index in [0.717, 1.165) is 17.3 Å². The normalized spacial score (nSPS) is 21.4. The van der Waals surface area contributed by atoms with Gasteiger partial charge in [-0.25, -0.2) is 8.42 Å². The molecule has 152 valence electrons. The first-order valence-corrected chi connectivity index (χ1v) is 11.9. The van der Waals surface area contributed by atoms with Gasteiger partial charge in [0.25, 0.3) is 0 Å². The van der Waals surface area contributed by atoms with E-state index in [9.17, 15) is 18.0 Å². The number of hydrogen-bond acceptors (Lipinski definition) is 4. The Hall–Kier alpha value is -1.67. The van der Waals surface area contributed by atoms with Crippen LogP contribution >= 0.6 is 15.9 Å². The minimum absolute atomic E-state index is 0.0288. The molecular weight excluding hydrogens is 444 g/mol. The molecule has 0 spiro atoms. The molecule has 6 nitrogen and oxygen atoms in total. The van der Waals surface area contributed by atoms with E-state index in [0.29, 0.717) is 43.9 Å². The van der Waals surface area contributed by atoms with Gasteiger partial charge in [-0.2, -0.15) is 0 Å². The van der Waals surface area contributed by atoms with Gasteiger partial charge in [0, 0.05) is 30.7 Å². The number of carbonyl (C=O) groups is 2. The van der Waals surface area contributed by atoms with Crippen LogP contribution < -0.4 is 0 Å². The average molecular weight is 469 g/mol. The van der Waals surface area contributed by atoms with Crippen LogP contribution in [0.1, 0.15) is 25.7 Å². The second-order valence-corrected chi connectivity index (χ2v) is 10.5. The number of nitrogens with zero attached hydrogens (tertiary/aromatic N) is 2. The summed E-state index contributed by atoms with van der Waals surface area (Å²) in [6, 6.07) is 6.68. The highest BCUT2D eigenvalue weighted by Crippen LogP contribution is 2.27. The Bertz CT molecular complexity index is 845. The van der Waals surface area contributed by atoms with Gasteiger partial charge in [0.1, 0.15) is 0 Å².